The fraction of sp³-hybridized carbons (Fsp3) is 0.381. The maximum atomic E-state index is 12.0. The molecule has 1 unspecified atom stereocenters. The Balaban J connectivity index is 1.69. The van der Waals surface area contributed by atoms with Crippen LogP contribution in [-0.2, 0) is 24.1 Å². The van der Waals surface area contributed by atoms with Gasteiger partial charge in [0.1, 0.15) is 0 Å². The number of nitrogens with zero attached hydrogens (tertiary/aromatic N) is 3. The summed E-state index contributed by atoms with van der Waals surface area (Å²) in [6.45, 7) is 6.37. The van der Waals surface area contributed by atoms with Crippen LogP contribution in [0.3, 0.4) is 0 Å². The lowest BCUT2D eigenvalue weighted by Crippen LogP contribution is -2.37. The van der Waals surface area contributed by atoms with E-state index in [0.29, 0.717) is 12.1 Å². The molecule has 0 radical (unpaired) electrons. The highest BCUT2D eigenvalue weighted by Gasteiger charge is 2.30. The molecule has 0 saturated heterocycles. The summed E-state index contributed by atoms with van der Waals surface area (Å²) in [6, 6.07) is 8.05. The number of aromatic nitrogens is 2. The Labute approximate surface area is 167 Å². The number of alkyl carbamates (subject to hydrolysis) is 1. The zero-order valence-corrected chi connectivity index (χ0v) is 17.0. The molecule has 0 saturated carbocycles. The van der Waals surface area contributed by atoms with E-state index in [1.807, 2.05) is 39.0 Å². The van der Waals surface area contributed by atoms with Crippen molar-refractivity contribution in [3.05, 3.63) is 51.1 Å². The Hall–Kier alpha value is -2.85. The summed E-state index contributed by atoms with van der Waals surface area (Å²) in [4.78, 5) is 16.6. The number of nitrogens with one attached hydrogen (secondary N) is 1. The second-order valence-electron chi connectivity index (χ2n) is 7.42. The van der Waals surface area contributed by atoms with Crippen LogP contribution in [0.15, 0.2) is 23.6 Å². The Morgan fingerprint density at radius 2 is 2.29 bits per heavy atom. The van der Waals surface area contributed by atoms with Gasteiger partial charge in [0.05, 0.1) is 35.0 Å². The molecule has 0 fully saturated rings. The summed E-state index contributed by atoms with van der Waals surface area (Å²) in [6.07, 6.45) is 0.942. The van der Waals surface area contributed by atoms with Gasteiger partial charge in [-0.25, -0.2) is 9.78 Å². The normalized spacial score (nSPS) is 15.6. The van der Waals surface area contributed by atoms with Crippen molar-refractivity contribution >= 4 is 28.3 Å². The first-order valence-electron chi connectivity index (χ1n) is 9.37. The quantitative estimate of drug-likeness (QED) is 0.727. The smallest absolute Gasteiger partial charge is 0.407 e. The van der Waals surface area contributed by atoms with E-state index in [1.54, 1.807) is 11.3 Å². The highest BCUT2D eigenvalue weighted by Crippen LogP contribution is 2.34. The molecule has 2 heterocycles. The summed E-state index contributed by atoms with van der Waals surface area (Å²) >= 11 is 1.64. The molecule has 7 heteroatoms. The van der Waals surface area contributed by atoms with Crippen molar-refractivity contribution in [3.63, 3.8) is 0 Å². The van der Waals surface area contributed by atoms with Crippen molar-refractivity contribution in [3.8, 4) is 6.07 Å². The predicted molar refractivity (Wildman–Crippen MR) is 109 cm³/mol. The van der Waals surface area contributed by atoms with Gasteiger partial charge >= 0.3 is 6.09 Å². The summed E-state index contributed by atoms with van der Waals surface area (Å²) in [5.41, 5.74) is 5.19. The number of rotatable bonds is 4. The van der Waals surface area contributed by atoms with Gasteiger partial charge in [-0.3, -0.25) is 0 Å². The molecule has 144 valence electrons. The molecule has 0 aliphatic heterocycles. The maximum absolute atomic E-state index is 12.0. The molecule has 0 spiro atoms. The van der Waals surface area contributed by atoms with E-state index in [9.17, 15) is 10.1 Å². The lowest BCUT2D eigenvalue weighted by molar-refractivity contribution is 0.112. The standard InChI is InChI=1S/C21H22N4O2S/c1-12(2)27-21(26)24-15-7-18-17-6-14(9-22)4-5-19(17)25(20(18)8-15)10-16-11-28-13(3)23-16/h4-6,11-12,15H,7-8,10H2,1-3H3,(H,24,26). The molecule has 0 bridgehead atoms. The van der Waals surface area contributed by atoms with Gasteiger partial charge in [-0.1, -0.05) is 0 Å². The van der Waals surface area contributed by atoms with Crippen molar-refractivity contribution in [1.82, 2.24) is 14.9 Å². The van der Waals surface area contributed by atoms with E-state index < -0.39 is 0 Å². The van der Waals surface area contributed by atoms with E-state index in [2.05, 4.69) is 26.3 Å². The third-order valence-electron chi connectivity index (χ3n) is 4.96. The minimum Gasteiger partial charge on any atom is -0.447 e. The molecule has 1 atom stereocenters. The zero-order valence-electron chi connectivity index (χ0n) is 16.2. The average Bonchev–Trinajstić information content (AvgIpc) is 3.30. The van der Waals surface area contributed by atoms with Crippen molar-refractivity contribution in [2.24, 2.45) is 0 Å². The maximum Gasteiger partial charge on any atom is 0.407 e. The number of thiazole rings is 1. The average molecular weight is 395 g/mol. The Bertz CT molecular complexity index is 1090. The molecule has 28 heavy (non-hydrogen) atoms. The van der Waals surface area contributed by atoms with Crippen LogP contribution in [0.4, 0.5) is 4.79 Å². The summed E-state index contributed by atoms with van der Waals surface area (Å²) in [5, 5.41) is 16.5. The number of hydrogen-bond donors (Lipinski definition) is 1. The zero-order chi connectivity index (χ0) is 19.8. The number of ether oxygens (including phenoxy) is 1. The van der Waals surface area contributed by atoms with Gasteiger partial charge in [0.25, 0.3) is 0 Å². The molecular formula is C21H22N4O2S. The minimum absolute atomic E-state index is 0.00480. The van der Waals surface area contributed by atoms with Crippen LogP contribution in [0.1, 0.15) is 41.4 Å². The predicted octanol–water partition coefficient (Wildman–Crippen LogP) is 3.93. The number of fused-ring (bicyclic) bond motifs is 3. The second kappa shape index (κ2) is 7.28. The van der Waals surface area contributed by atoms with Gasteiger partial charge in [-0.05, 0) is 51.0 Å². The summed E-state index contributed by atoms with van der Waals surface area (Å²) in [5.74, 6) is 0. The first kappa shape index (κ1) is 18.5. The lowest BCUT2D eigenvalue weighted by Gasteiger charge is -2.15. The van der Waals surface area contributed by atoms with Gasteiger partial charge < -0.3 is 14.6 Å². The third-order valence-corrected chi connectivity index (χ3v) is 5.78. The van der Waals surface area contributed by atoms with Gasteiger partial charge in [-0.2, -0.15) is 5.26 Å². The van der Waals surface area contributed by atoms with Crippen LogP contribution in [-0.4, -0.2) is 27.8 Å². The molecule has 4 rings (SSSR count). The molecule has 1 aromatic carbocycles. The van der Waals surface area contributed by atoms with Crippen molar-refractivity contribution in [2.45, 2.75) is 52.3 Å². The molecule has 1 N–H and O–H groups in total. The first-order chi connectivity index (χ1) is 13.4. The van der Waals surface area contributed by atoms with E-state index in [0.717, 1.165) is 34.4 Å². The minimum atomic E-state index is -0.381. The Morgan fingerprint density at radius 1 is 1.46 bits per heavy atom. The van der Waals surface area contributed by atoms with E-state index in [-0.39, 0.29) is 18.2 Å². The first-order valence-corrected chi connectivity index (χ1v) is 10.2. The van der Waals surface area contributed by atoms with Crippen molar-refractivity contribution in [1.29, 1.82) is 5.26 Å². The van der Waals surface area contributed by atoms with Gasteiger partial charge in [0.2, 0.25) is 0 Å². The van der Waals surface area contributed by atoms with Crippen LogP contribution in [0.2, 0.25) is 0 Å². The number of carbonyl (C=O) groups is 1. The van der Waals surface area contributed by atoms with E-state index in [4.69, 9.17) is 4.74 Å². The number of nitriles is 1. The number of hydrogen-bond acceptors (Lipinski definition) is 5. The van der Waals surface area contributed by atoms with Gasteiger partial charge in [0.15, 0.2) is 0 Å². The van der Waals surface area contributed by atoms with Crippen LogP contribution in [0, 0.1) is 18.3 Å². The number of carbonyl (C=O) groups excluding carboxylic acids is 1. The van der Waals surface area contributed by atoms with Crippen LogP contribution >= 0.6 is 11.3 Å². The van der Waals surface area contributed by atoms with Gasteiger partial charge in [0, 0.05) is 34.4 Å². The van der Waals surface area contributed by atoms with Crippen LogP contribution in [0.5, 0.6) is 0 Å². The number of amides is 1. The van der Waals surface area contributed by atoms with E-state index >= 15 is 0 Å². The summed E-state index contributed by atoms with van der Waals surface area (Å²) in [7, 11) is 0. The highest BCUT2D eigenvalue weighted by molar-refractivity contribution is 7.09. The number of aryl methyl sites for hydroxylation is 1. The van der Waals surface area contributed by atoms with Crippen molar-refractivity contribution < 1.29 is 9.53 Å². The molecule has 1 aliphatic rings. The largest absolute Gasteiger partial charge is 0.447 e. The van der Waals surface area contributed by atoms with Gasteiger partial charge in [-0.15, -0.1) is 11.3 Å². The molecule has 6 nitrogen and oxygen atoms in total. The lowest BCUT2D eigenvalue weighted by atomic mass is 10.1. The summed E-state index contributed by atoms with van der Waals surface area (Å²) < 4.78 is 7.51. The molecular weight excluding hydrogens is 372 g/mol. The van der Waals surface area contributed by atoms with Crippen LogP contribution < -0.4 is 5.32 Å². The fourth-order valence-corrected chi connectivity index (χ4v) is 4.50. The van der Waals surface area contributed by atoms with Crippen LogP contribution in [0.25, 0.3) is 10.9 Å². The Kier molecular flexibility index (Phi) is 4.82. The Morgan fingerprint density at radius 3 is 2.96 bits per heavy atom. The molecule has 2 aromatic heterocycles. The van der Waals surface area contributed by atoms with E-state index in [1.165, 1.54) is 11.3 Å². The highest BCUT2D eigenvalue weighted by atomic mass is 32.1. The topological polar surface area (TPSA) is 79.9 Å². The molecule has 1 aliphatic carbocycles. The molecule has 3 aromatic rings. The van der Waals surface area contributed by atoms with Crippen molar-refractivity contribution in [2.75, 3.05) is 0 Å². The molecule has 1 amide bonds. The monoisotopic (exact) mass is 394 g/mol. The number of benzene rings is 1. The fourth-order valence-electron chi connectivity index (χ4n) is 3.90. The second-order valence-corrected chi connectivity index (χ2v) is 8.48. The SMILES string of the molecule is Cc1nc(Cn2c3c(c4cc(C#N)ccc42)CC(NC(=O)OC(C)C)C3)cs1. The third kappa shape index (κ3) is 3.48.